The number of halogens is 1. The Labute approximate surface area is 72.8 Å². The van der Waals surface area contributed by atoms with Crippen molar-refractivity contribution in [2.45, 2.75) is 0 Å². The second-order valence-corrected chi connectivity index (χ2v) is 3.38. The molecule has 0 aliphatic heterocycles. The lowest BCUT2D eigenvalue weighted by molar-refractivity contribution is 0.484. The van der Waals surface area contributed by atoms with Gasteiger partial charge in [0.1, 0.15) is 5.88 Å². The fourth-order valence-corrected chi connectivity index (χ4v) is 0.797. The molecule has 1 rings (SSSR count). The third-order valence-electron chi connectivity index (χ3n) is 0.909. The highest BCUT2D eigenvalue weighted by atomic mass is 32.2. The average Bonchev–Trinajstić information content (AvgIpc) is 2.00. The summed E-state index contributed by atoms with van der Waals surface area (Å²) >= 11 is 0. The number of rotatable bonds is 3. The molecule has 0 aliphatic carbocycles. The Kier molecular flexibility index (Phi) is 2.68. The van der Waals surface area contributed by atoms with E-state index >= 15 is 0 Å². The summed E-state index contributed by atoms with van der Waals surface area (Å²) in [6, 6.07) is 0. The van der Waals surface area contributed by atoms with E-state index < -0.39 is 22.1 Å². The van der Waals surface area contributed by atoms with Gasteiger partial charge in [-0.15, -0.1) is 0 Å². The summed E-state index contributed by atoms with van der Waals surface area (Å²) < 4.78 is 40.9. The highest BCUT2D eigenvalue weighted by Gasteiger charge is 2.05. The van der Waals surface area contributed by atoms with E-state index in [-0.39, 0.29) is 5.95 Å². The normalized spacial score (nSPS) is 11.2. The van der Waals surface area contributed by atoms with Crippen molar-refractivity contribution in [2.75, 3.05) is 11.2 Å². The predicted molar refractivity (Wildman–Crippen MR) is 38.7 cm³/mol. The summed E-state index contributed by atoms with van der Waals surface area (Å²) in [6.45, 7) is 0. The summed E-state index contributed by atoms with van der Waals surface area (Å²) in [5.41, 5.74) is 0. The quantitative estimate of drug-likeness (QED) is 0.616. The van der Waals surface area contributed by atoms with Crippen LogP contribution in [0.4, 0.5) is 10.3 Å². The molecule has 0 aromatic carbocycles. The number of anilines is 1. The molecule has 0 bridgehead atoms. The summed E-state index contributed by atoms with van der Waals surface area (Å²) in [5, 5.41) is 2.05. The minimum absolute atomic E-state index is 0.315. The van der Waals surface area contributed by atoms with Gasteiger partial charge in [0.15, 0.2) is 0 Å². The van der Waals surface area contributed by atoms with E-state index in [0.717, 1.165) is 0 Å². The molecular formula is C4H4FN4O3S. The summed E-state index contributed by atoms with van der Waals surface area (Å²) in [5.74, 6) is -1.12. The van der Waals surface area contributed by atoms with Crippen LogP contribution in [-0.4, -0.2) is 33.8 Å². The van der Waals surface area contributed by atoms with Crippen LogP contribution in [0.1, 0.15) is 0 Å². The van der Waals surface area contributed by atoms with Gasteiger partial charge in [0.2, 0.25) is 12.3 Å². The van der Waals surface area contributed by atoms with Crippen LogP contribution in [0.5, 0.6) is 0 Å². The smallest absolute Gasteiger partial charge is 0.314 e. The van der Waals surface area contributed by atoms with Crippen LogP contribution in [0.2, 0.25) is 0 Å². The molecule has 1 heterocycles. The molecule has 0 amide bonds. The fourth-order valence-electron chi connectivity index (χ4n) is 0.486. The predicted octanol–water partition coefficient (Wildman–Crippen LogP) is -0.932. The first-order chi connectivity index (χ1) is 5.97. The second kappa shape index (κ2) is 3.58. The average molecular weight is 207 g/mol. The van der Waals surface area contributed by atoms with Gasteiger partial charge in [-0.2, -0.15) is 27.8 Å². The summed E-state index contributed by atoms with van der Waals surface area (Å²) in [7, 11) is -4.18. The van der Waals surface area contributed by atoms with Crippen LogP contribution in [0.3, 0.4) is 0 Å². The molecule has 0 unspecified atom stereocenters. The second-order valence-electron chi connectivity index (χ2n) is 1.93. The largest absolute Gasteiger partial charge is 0.338 e. The molecule has 9 heteroatoms. The molecule has 0 aliphatic rings. The van der Waals surface area contributed by atoms with Gasteiger partial charge in [-0.05, 0) is 0 Å². The third kappa shape index (κ3) is 3.71. The maximum Gasteiger partial charge on any atom is 0.314 e. The molecule has 1 aromatic heterocycles. The number of nitrogens with zero attached hydrogens (tertiary/aromatic N) is 3. The van der Waals surface area contributed by atoms with Crippen LogP contribution in [-0.2, 0) is 10.1 Å². The molecule has 0 saturated carbocycles. The van der Waals surface area contributed by atoms with Crippen molar-refractivity contribution in [3.8, 4) is 0 Å². The van der Waals surface area contributed by atoms with Gasteiger partial charge >= 0.3 is 6.08 Å². The molecular weight excluding hydrogens is 203 g/mol. The van der Waals surface area contributed by atoms with E-state index in [1.54, 1.807) is 0 Å². The van der Waals surface area contributed by atoms with Crippen molar-refractivity contribution in [3.63, 3.8) is 0 Å². The molecule has 1 radical (unpaired) electrons. The van der Waals surface area contributed by atoms with Gasteiger partial charge in [-0.1, -0.05) is 0 Å². The molecule has 2 N–H and O–H groups in total. The van der Waals surface area contributed by atoms with E-state index in [1.165, 1.54) is 0 Å². The first-order valence-corrected chi connectivity index (χ1v) is 4.55. The molecule has 1 aromatic rings. The van der Waals surface area contributed by atoms with E-state index in [2.05, 4.69) is 20.3 Å². The van der Waals surface area contributed by atoms with Gasteiger partial charge in [0.05, 0.1) is 0 Å². The lowest BCUT2D eigenvalue weighted by atomic mass is 10.9. The van der Waals surface area contributed by atoms with Crippen LogP contribution in [0.25, 0.3) is 0 Å². The third-order valence-corrected chi connectivity index (χ3v) is 1.42. The first kappa shape index (κ1) is 9.74. The number of hydrogen-bond acceptors (Lipinski definition) is 6. The van der Waals surface area contributed by atoms with Crippen LogP contribution in [0, 0.1) is 12.4 Å². The minimum atomic E-state index is -4.18. The van der Waals surface area contributed by atoms with Gasteiger partial charge in [-0.25, -0.2) is 0 Å². The maximum absolute atomic E-state index is 12.2. The van der Waals surface area contributed by atoms with Crippen molar-refractivity contribution < 1.29 is 17.4 Å². The molecule has 13 heavy (non-hydrogen) atoms. The fraction of sp³-hybridized carbons (Fsp3) is 0.250. The zero-order valence-electron chi connectivity index (χ0n) is 6.10. The van der Waals surface area contributed by atoms with Crippen molar-refractivity contribution in [2.24, 2.45) is 0 Å². The Morgan fingerprint density at radius 1 is 1.54 bits per heavy atom. The minimum Gasteiger partial charge on any atom is -0.338 e. The van der Waals surface area contributed by atoms with Crippen LogP contribution >= 0.6 is 0 Å². The zero-order valence-corrected chi connectivity index (χ0v) is 6.92. The SMILES string of the molecule is O=S(=O)(O)CNc1n[c]nc(F)n1. The van der Waals surface area contributed by atoms with Crippen molar-refractivity contribution in [1.29, 1.82) is 0 Å². The summed E-state index contributed by atoms with van der Waals surface area (Å²) in [4.78, 5) is 9.26. The molecule has 0 atom stereocenters. The van der Waals surface area contributed by atoms with Crippen LogP contribution in [0.15, 0.2) is 0 Å². The first-order valence-electron chi connectivity index (χ1n) is 2.94. The summed E-state index contributed by atoms with van der Waals surface area (Å²) in [6.07, 6.45) is 0.799. The van der Waals surface area contributed by atoms with Gasteiger partial charge in [-0.3, -0.25) is 4.55 Å². The monoisotopic (exact) mass is 207 g/mol. The van der Waals surface area contributed by atoms with Gasteiger partial charge < -0.3 is 5.32 Å². The number of nitrogens with one attached hydrogen (secondary N) is 1. The van der Waals surface area contributed by atoms with Crippen LogP contribution < -0.4 is 5.32 Å². The number of aromatic nitrogens is 3. The lowest BCUT2D eigenvalue weighted by Gasteiger charge is -1.99. The molecule has 0 saturated heterocycles. The highest BCUT2D eigenvalue weighted by molar-refractivity contribution is 7.85. The Balaban J connectivity index is 2.65. The standard InChI is InChI=1S/C4H4FN4O3S/c5-3-6-1-7-4(9-3)8-2-13(10,11)12/h2H2,(H,10,11,12)(H,6,7,8,9). The topological polar surface area (TPSA) is 105 Å². The van der Waals surface area contributed by atoms with E-state index in [0.29, 0.717) is 0 Å². The molecule has 71 valence electrons. The zero-order chi connectivity index (χ0) is 9.90. The Hall–Kier alpha value is -1.35. The molecule has 7 nitrogen and oxygen atoms in total. The maximum atomic E-state index is 12.2. The molecule has 0 spiro atoms. The van der Waals surface area contributed by atoms with Crippen molar-refractivity contribution in [1.82, 2.24) is 15.0 Å². The van der Waals surface area contributed by atoms with Crippen molar-refractivity contribution in [3.05, 3.63) is 12.4 Å². The Bertz CT molecular complexity index is 394. The Morgan fingerprint density at radius 3 is 2.77 bits per heavy atom. The Morgan fingerprint density at radius 2 is 2.23 bits per heavy atom. The lowest BCUT2D eigenvalue weighted by Crippen LogP contribution is -2.15. The molecule has 0 fully saturated rings. The van der Waals surface area contributed by atoms with Gasteiger partial charge in [0, 0.05) is 0 Å². The van der Waals surface area contributed by atoms with E-state index in [1.807, 2.05) is 6.33 Å². The van der Waals surface area contributed by atoms with E-state index in [9.17, 15) is 12.8 Å². The van der Waals surface area contributed by atoms with E-state index in [4.69, 9.17) is 4.55 Å². The highest BCUT2D eigenvalue weighted by Crippen LogP contribution is 1.95. The van der Waals surface area contributed by atoms with Gasteiger partial charge in [0.25, 0.3) is 10.1 Å². The van der Waals surface area contributed by atoms with Crippen molar-refractivity contribution >= 4 is 16.1 Å². The number of hydrogen-bond donors (Lipinski definition) is 2.